The molecule has 0 aliphatic heterocycles. The summed E-state index contributed by atoms with van der Waals surface area (Å²) in [5.41, 5.74) is 3.32. The minimum atomic E-state index is -0.849. The maximum absolute atomic E-state index is 10.6. The molecular weight excluding hydrogens is 308 g/mol. The molecule has 0 radical (unpaired) electrons. The summed E-state index contributed by atoms with van der Waals surface area (Å²) in [7, 11) is 1.54. The second-order valence-corrected chi connectivity index (χ2v) is 6.04. The Labute approximate surface area is 141 Å². The Morgan fingerprint density at radius 1 is 1.00 bits per heavy atom. The normalized spacial score (nSPS) is 12.2. The van der Waals surface area contributed by atoms with E-state index >= 15 is 0 Å². The van der Waals surface area contributed by atoms with Crippen molar-refractivity contribution in [1.29, 1.82) is 0 Å². The molecule has 2 aromatic carbocycles. The maximum Gasteiger partial charge on any atom is 0.128 e. The van der Waals surface area contributed by atoms with Gasteiger partial charge in [0.15, 0.2) is 0 Å². The van der Waals surface area contributed by atoms with Gasteiger partial charge in [0.05, 0.1) is 13.2 Å². The van der Waals surface area contributed by atoms with Gasteiger partial charge in [0.25, 0.3) is 0 Å². The number of methoxy groups -OCH3 is 1. The number of aryl methyl sites for hydroxylation is 1. The molecule has 0 saturated carbocycles. The Bertz CT molecular complexity index is 752. The minimum Gasteiger partial charge on any atom is -0.508 e. The highest BCUT2D eigenvalue weighted by Gasteiger charge is 2.23. The van der Waals surface area contributed by atoms with E-state index in [0.29, 0.717) is 35.3 Å². The van der Waals surface area contributed by atoms with Crippen molar-refractivity contribution < 1.29 is 25.2 Å². The first-order valence-electron chi connectivity index (χ1n) is 7.83. The zero-order valence-corrected chi connectivity index (χ0v) is 14.4. The van der Waals surface area contributed by atoms with Crippen LogP contribution in [0.4, 0.5) is 0 Å². The average molecular weight is 332 g/mol. The van der Waals surface area contributed by atoms with E-state index in [2.05, 4.69) is 0 Å². The Morgan fingerprint density at radius 2 is 1.67 bits per heavy atom. The topological polar surface area (TPSA) is 90.2 Å². The van der Waals surface area contributed by atoms with E-state index in [0.717, 1.165) is 11.1 Å². The van der Waals surface area contributed by atoms with Crippen LogP contribution >= 0.6 is 0 Å². The van der Waals surface area contributed by atoms with Crippen molar-refractivity contribution in [2.75, 3.05) is 7.11 Å². The van der Waals surface area contributed by atoms with Gasteiger partial charge in [0.2, 0.25) is 0 Å². The summed E-state index contributed by atoms with van der Waals surface area (Å²) >= 11 is 0. The van der Waals surface area contributed by atoms with Gasteiger partial charge in [-0.2, -0.15) is 0 Å². The largest absolute Gasteiger partial charge is 0.508 e. The lowest BCUT2D eigenvalue weighted by Crippen LogP contribution is -2.07. The Balaban J connectivity index is 2.31. The van der Waals surface area contributed by atoms with E-state index < -0.39 is 6.10 Å². The first-order chi connectivity index (χ1) is 11.3. The Hall–Kier alpha value is -2.40. The van der Waals surface area contributed by atoms with Gasteiger partial charge in [0, 0.05) is 17.2 Å². The molecule has 0 bridgehead atoms. The van der Waals surface area contributed by atoms with Crippen LogP contribution in [-0.2, 0) is 6.42 Å². The standard InChI is InChI=1S/C19H24O5/c1-10-11(2)19(24-4)17(12(3)18(10)23)15(21)8-6-13-5-7-14(20)9-16(13)22/h5,7,9,15,20-23H,6,8H2,1-4H3. The summed E-state index contributed by atoms with van der Waals surface area (Å²) < 4.78 is 5.45. The van der Waals surface area contributed by atoms with E-state index in [-0.39, 0.29) is 17.2 Å². The minimum absolute atomic E-state index is 0.00572. The molecular formula is C19H24O5. The molecule has 5 nitrogen and oxygen atoms in total. The fraction of sp³-hybridized carbons (Fsp3) is 0.368. The zero-order chi connectivity index (χ0) is 18.0. The third-order valence-corrected chi connectivity index (χ3v) is 4.56. The van der Waals surface area contributed by atoms with Crippen molar-refractivity contribution in [1.82, 2.24) is 0 Å². The van der Waals surface area contributed by atoms with Gasteiger partial charge in [-0.15, -0.1) is 0 Å². The number of aromatic hydroxyl groups is 3. The lowest BCUT2D eigenvalue weighted by Gasteiger charge is -2.22. The summed E-state index contributed by atoms with van der Waals surface area (Å²) in [4.78, 5) is 0. The first-order valence-corrected chi connectivity index (χ1v) is 7.83. The van der Waals surface area contributed by atoms with E-state index in [1.165, 1.54) is 12.1 Å². The summed E-state index contributed by atoms with van der Waals surface area (Å²) in [5.74, 6) is 0.724. The number of phenolic OH excluding ortho intramolecular Hbond substituents is 3. The molecule has 0 spiro atoms. The lowest BCUT2D eigenvalue weighted by molar-refractivity contribution is 0.162. The molecule has 130 valence electrons. The fourth-order valence-corrected chi connectivity index (χ4v) is 2.99. The third kappa shape index (κ3) is 3.26. The summed E-state index contributed by atoms with van der Waals surface area (Å²) in [6.07, 6.45) is -0.0838. The van der Waals surface area contributed by atoms with Crippen LogP contribution in [-0.4, -0.2) is 27.5 Å². The molecule has 1 atom stereocenters. The Morgan fingerprint density at radius 3 is 2.25 bits per heavy atom. The Kier molecular flexibility index (Phi) is 5.24. The number of ether oxygens (including phenoxy) is 1. The van der Waals surface area contributed by atoms with Crippen LogP contribution in [0.25, 0.3) is 0 Å². The quantitative estimate of drug-likeness (QED) is 0.674. The maximum atomic E-state index is 10.6. The van der Waals surface area contributed by atoms with Crippen LogP contribution in [0, 0.1) is 20.8 Å². The highest BCUT2D eigenvalue weighted by atomic mass is 16.5. The van der Waals surface area contributed by atoms with Crippen molar-refractivity contribution in [3.63, 3.8) is 0 Å². The van der Waals surface area contributed by atoms with Crippen LogP contribution in [0.2, 0.25) is 0 Å². The molecule has 4 N–H and O–H groups in total. The second kappa shape index (κ2) is 7.01. The number of hydrogen-bond acceptors (Lipinski definition) is 5. The third-order valence-electron chi connectivity index (χ3n) is 4.56. The van der Waals surface area contributed by atoms with Crippen molar-refractivity contribution >= 4 is 0 Å². The van der Waals surface area contributed by atoms with E-state index in [1.54, 1.807) is 20.1 Å². The van der Waals surface area contributed by atoms with Crippen molar-refractivity contribution in [3.8, 4) is 23.0 Å². The van der Waals surface area contributed by atoms with Gasteiger partial charge < -0.3 is 25.2 Å². The predicted octanol–water partition coefficient (Wildman–Crippen LogP) is 3.40. The SMILES string of the molecule is COc1c(C)c(C)c(O)c(C)c1C(O)CCc1ccc(O)cc1O. The highest BCUT2D eigenvalue weighted by molar-refractivity contribution is 5.58. The number of aliphatic hydroxyl groups excluding tert-OH is 1. The van der Waals surface area contributed by atoms with Gasteiger partial charge in [-0.05, 0) is 56.4 Å². The molecule has 0 fully saturated rings. The number of phenols is 3. The van der Waals surface area contributed by atoms with Gasteiger partial charge in [0.1, 0.15) is 23.0 Å². The smallest absolute Gasteiger partial charge is 0.128 e. The van der Waals surface area contributed by atoms with E-state index in [9.17, 15) is 20.4 Å². The lowest BCUT2D eigenvalue weighted by atomic mass is 9.91. The van der Waals surface area contributed by atoms with Crippen molar-refractivity contribution in [2.24, 2.45) is 0 Å². The molecule has 2 aromatic rings. The molecule has 0 amide bonds. The fourth-order valence-electron chi connectivity index (χ4n) is 2.99. The van der Waals surface area contributed by atoms with Crippen molar-refractivity contribution in [3.05, 3.63) is 46.0 Å². The second-order valence-electron chi connectivity index (χ2n) is 6.04. The number of rotatable bonds is 5. The van der Waals surface area contributed by atoms with Gasteiger partial charge >= 0.3 is 0 Å². The first kappa shape index (κ1) is 17.9. The summed E-state index contributed by atoms with van der Waals surface area (Å²) in [6.45, 7) is 5.40. The molecule has 5 heteroatoms. The summed E-state index contributed by atoms with van der Waals surface area (Å²) in [5, 5.41) is 40.1. The monoisotopic (exact) mass is 332 g/mol. The molecule has 0 aliphatic rings. The molecule has 0 aromatic heterocycles. The predicted molar refractivity (Wildman–Crippen MR) is 91.9 cm³/mol. The number of benzene rings is 2. The molecule has 0 saturated heterocycles. The average Bonchev–Trinajstić information content (AvgIpc) is 2.54. The molecule has 1 unspecified atom stereocenters. The van der Waals surface area contributed by atoms with Gasteiger partial charge in [-0.3, -0.25) is 0 Å². The summed E-state index contributed by atoms with van der Waals surface area (Å²) in [6, 6.07) is 4.39. The molecule has 2 rings (SSSR count). The van der Waals surface area contributed by atoms with Crippen LogP contribution < -0.4 is 4.74 Å². The van der Waals surface area contributed by atoms with E-state index in [4.69, 9.17) is 4.74 Å². The molecule has 0 heterocycles. The molecule has 0 aliphatic carbocycles. The van der Waals surface area contributed by atoms with E-state index in [1.807, 2.05) is 13.8 Å². The van der Waals surface area contributed by atoms with Crippen LogP contribution in [0.5, 0.6) is 23.0 Å². The van der Waals surface area contributed by atoms with Crippen LogP contribution in [0.3, 0.4) is 0 Å². The molecule has 24 heavy (non-hydrogen) atoms. The highest BCUT2D eigenvalue weighted by Crippen LogP contribution is 2.41. The van der Waals surface area contributed by atoms with Crippen LogP contribution in [0.1, 0.15) is 40.3 Å². The van der Waals surface area contributed by atoms with Gasteiger partial charge in [-0.1, -0.05) is 6.07 Å². The zero-order valence-electron chi connectivity index (χ0n) is 14.4. The van der Waals surface area contributed by atoms with Gasteiger partial charge in [-0.25, -0.2) is 0 Å². The van der Waals surface area contributed by atoms with Crippen molar-refractivity contribution in [2.45, 2.75) is 39.7 Å². The number of aliphatic hydroxyl groups is 1. The van der Waals surface area contributed by atoms with Crippen LogP contribution in [0.15, 0.2) is 18.2 Å². The number of hydrogen-bond donors (Lipinski definition) is 4.